The Morgan fingerprint density at radius 2 is 2.54 bits per heavy atom. The Morgan fingerprint density at radius 1 is 1.69 bits per heavy atom. The normalized spacial score (nSPS) is 22.7. The van der Waals surface area contributed by atoms with Gasteiger partial charge in [-0.3, -0.25) is 9.69 Å². The van der Waals surface area contributed by atoms with E-state index in [0.717, 1.165) is 12.4 Å². The molecular formula is C9H13N3O. The fourth-order valence-corrected chi connectivity index (χ4v) is 1.66. The fraction of sp³-hybridized carbons (Fsp3) is 0.444. The molecule has 0 bridgehead atoms. The molecule has 1 aromatic rings. The van der Waals surface area contributed by atoms with E-state index in [2.05, 4.69) is 4.98 Å². The highest BCUT2D eigenvalue weighted by Crippen LogP contribution is 2.22. The van der Waals surface area contributed by atoms with Gasteiger partial charge in [0.2, 0.25) is 5.91 Å². The van der Waals surface area contributed by atoms with Gasteiger partial charge in [0.15, 0.2) is 0 Å². The van der Waals surface area contributed by atoms with Crippen LogP contribution in [0.4, 0.5) is 5.82 Å². The van der Waals surface area contributed by atoms with Gasteiger partial charge in [-0.15, -0.1) is 0 Å². The van der Waals surface area contributed by atoms with Crippen LogP contribution in [0.2, 0.25) is 0 Å². The van der Waals surface area contributed by atoms with E-state index in [1.807, 2.05) is 18.3 Å². The second-order valence-corrected chi connectivity index (χ2v) is 3.37. The second kappa shape index (κ2) is 3.22. The lowest BCUT2D eigenvalue weighted by Crippen LogP contribution is -2.25. The molecule has 1 aliphatic heterocycles. The van der Waals surface area contributed by atoms with Gasteiger partial charge in [0, 0.05) is 19.2 Å². The molecule has 4 nitrogen and oxygen atoms in total. The van der Waals surface area contributed by atoms with Crippen LogP contribution in [0.3, 0.4) is 0 Å². The lowest BCUT2D eigenvalue weighted by Gasteiger charge is -2.13. The molecule has 2 heterocycles. The van der Waals surface area contributed by atoms with E-state index < -0.39 is 0 Å². The zero-order chi connectivity index (χ0) is 9.26. The highest BCUT2D eigenvalue weighted by molar-refractivity contribution is 5.94. The van der Waals surface area contributed by atoms with Crippen molar-refractivity contribution < 1.29 is 4.79 Å². The quantitative estimate of drug-likeness (QED) is 0.687. The van der Waals surface area contributed by atoms with E-state index in [4.69, 9.17) is 5.73 Å². The van der Waals surface area contributed by atoms with Crippen molar-refractivity contribution in [1.29, 1.82) is 0 Å². The number of aromatic nitrogens is 1. The molecule has 2 rings (SSSR count). The highest BCUT2D eigenvalue weighted by Gasteiger charge is 2.29. The number of anilines is 1. The zero-order valence-corrected chi connectivity index (χ0v) is 7.36. The summed E-state index contributed by atoms with van der Waals surface area (Å²) in [5.74, 6) is 1.36. The van der Waals surface area contributed by atoms with Crippen molar-refractivity contribution in [2.24, 2.45) is 11.7 Å². The molecule has 0 aliphatic carbocycles. The average molecular weight is 179 g/mol. The molecule has 1 amide bonds. The minimum Gasteiger partial charge on any atom is -0.348 e. The first kappa shape index (κ1) is 8.31. The summed E-state index contributed by atoms with van der Waals surface area (Å²) in [6, 6.07) is 3.79. The minimum atomic E-state index is 0.165. The van der Waals surface area contributed by atoms with Gasteiger partial charge in [-0.05, 0) is 24.6 Å². The molecule has 1 fully saturated rings. The van der Waals surface area contributed by atoms with Crippen LogP contribution >= 0.6 is 0 Å². The largest absolute Gasteiger partial charge is 0.348 e. The van der Waals surface area contributed by atoms with Crippen LogP contribution in [0.1, 0.15) is 6.42 Å². The van der Waals surface area contributed by atoms with Crippen LogP contribution in [0, 0.1) is 5.92 Å². The molecule has 0 saturated carbocycles. The lowest BCUT2D eigenvalue weighted by atomic mass is 10.1. The van der Waals surface area contributed by atoms with Gasteiger partial charge in [0.1, 0.15) is 5.82 Å². The molecule has 4 heteroatoms. The van der Waals surface area contributed by atoms with Crippen LogP contribution in [-0.4, -0.2) is 24.0 Å². The standard InChI is InChI=1S/C9H13N3O/c10-5-7-4-9(13)12(6-7)8-2-1-3-11-8/h1-3,7,11H,4-6,10H2. The third kappa shape index (κ3) is 1.45. The molecule has 1 saturated heterocycles. The molecule has 13 heavy (non-hydrogen) atoms. The summed E-state index contributed by atoms with van der Waals surface area (Å²) < 4.78 is 0. The number of carbonyl (C=O) groups is 1. The monoisotopic (exact) mass is 179 g/mol. The van der Waals surface area contributed by atoms with Gasteiger partial charge >= 0.3 is 0 Å². The highest BCUT2D eigenvalue weighted by atomic mass is 16.2. The smallest absolute Gasteiger partial charge is 0.228 e. The first-order chi connectivity index (χ1) is 6.31. The summed E-state index contributed by atoms with van der Waals surface area (Å²) in [6.07, 6.45) is 2.40. The average Bonchev–Trinajstić information content (AvgIpc) is 2.72. The van der Waals surface area contributed by atoms with Crippen molar-refractivity contribution in [2.45, 2.75) is 6.42 Å². The molecule has 0 radical (unpaired) electrons. The Kier molecular flexibility index (Phi) is 2.06. The first-order valence-electron chi connectivity index (χ1n) is 4.45. The zero-order valence-electron chi connectivity index (χ0n) is 7.36. The fourth-order valence-electron chi connectivity index (χ4n) is 1.66. The Bertz CT molecular complexity index is 294. The van der Waals surface area contributed by atoms with Gasteiger partial charge in [-0.2, -0.15) is 0 Å². The van der Waals surface area contributed by atoms with E-state index in [0.29, 0.717) is 18.9 Å². The van der Waals surface area contributed by atoms with E-state index in [-0.39, 0.29) is 5.91 Å². The number of rotatable bonds is 2. The van der Waals surface area contributed by atoms with Crippen LogP contribution < -0.4 is 10.6 Å². The molecule has 3 N–H and O–H groups in total. The number of hydrogen-bond donors (Lipinski definition) is 2. The number of amides is 1. The number of nitrogens with one attached hydrogen (secondary N) is 1. The van der Waals surface area contributed by atoms with Gasteiger partial charge in [0.05, 0.1) is 0 Å². The van der Waals surface area contributed by atoms with E-state index in [1.165, 1.54) is 0 Å². The number of nitrogens with zero attached hydrogens (tertiary/aromatic N) is 1. The molecule has 0 aromatic carbocycles. The predicted octanol–water partition coefficient (Wildman–Crippen LogP) is 0.326. The van der Waals surface area contributed by atoms with Crippen molar-refractivity contribution in [3.05, 3.63) is 18.3 Å². The number of aromatic amines is 1. The maximum atomic E-state index is 11.5. The lowest BCUT2D eigenvalue weighted by molar-refractivity contribution is -0.117. The summed E-state index contributed by atoms with van der Waals surface area (Å²) >= 11 is 0. The molecule has 1 unspecified atom stereocenters. The van der Waals surface area contributed by atoms with E-state index >= 15 is 0 Å². The van der Waals surface area contributed by atoms with Gasteiger partial charge in [-0.25, -0.2) is 0 Å². The Hall–Kier alpha value is -1.29. The maximum Gasteiger partial charge on any atom is 0.228 e. The van der Waals surface area contributed by atoms with Crippen molar-refractivity contribution in [3.8, 4) is 0 Å². The summed E-state index contributed by atoms with van der Waals surface area (Å²) in [5.41, 5.74) is 5.52. The molecule has 0 spiro atoms. The Balaban J connectivity index is 2.14. The van der Waals surface area contributed by atoms with Crippen LogP contribution in [0.15, 0.2) is 18.3 Å². The number of carbonyl (C=O) groups excluding carboxylic acids is 1. The summed E-state index contributed by atoms with van der Waals surface area (Å²) in [5, 5.41) is 0. The summed E-state index contributed by atoms with van der Waals surface area (Å²) in [4.78, 5) is 16.3. The van der Waals surface area contributed by atoms with E-state index in [1.54, 1.807) is 4.90 Å². The Labute approximate surface area is 76.7 Å². The molecule has 70 valence electrons. The predicted molar refractivity (Wildman–Crippen MR) is 50.3 cm³/mol. The van der Waals surface area contributed by atoms with Crippen molar-refractivity contribution in [3.63, 3.8) is 0 Å². The van der Waals surface area contributed by atoms with Gasteiger partial charge in [-0.1, -0.05) is 0 Å². The molecule has 1 aliphatic rings. The third-order valence-corrected chi connectivity index (χ3v) is 2.41. The summed E-state index contributed by atoms with van der Waals surface area (Å²) in [6.45, 7) is 1.33. The molecule has 1 aromatic heterocycles. The SMILES string of the molecule is NCC1CC(=O)N(c2ccc[nH]2)C1. The topological polar surface area (TPSA) is 62.1 Å². The Morgan fingerprint density at radius 3 is 3.08 bits per heavy atom. The molecular weight excluding hydrogens is 166 g/mol. The van der Waals surface area contributed by atoms with Crippen LogP contribution in [0.25, 0.3) is 0 Å². The van der Waals surface area contributed by atoms with Crippen LogP contribution in [-0.2, 0) is 4.79 Å². The maximum absolute atomic E-state index is 11.5. The minimum absolute atomic E-state index is 0.165. The third-order valence-electron chi connectivity index (χ3n) is 2.41. The number of hydrogen-bond acceptors (Lipinski definition) is 2. The summed E-state index contributed by atoms with van der Waals surface area (Å²) in [7, 11) is 0. The van der Waals surface area contributed by atoms with Crippen molar-refractivity contribution in [1.82, 2.24) is 4.98 Å². The van der Waals surface area contributed by atoms with E-state index in [9.17, 15) is 4.79 Å². The number of H-pyrrole nitrogens is 1. The first-order valence-corrected chi connectivity index (χ1v) is 4.45. The van der Waals surface area contributed by atoms with Crippen molar-refractivity contribution >= 4 is 11.7 Å². The second-order valence-electron chi connectivity index (χ2n) is 3.37. The van der Waals surface area contributed by atoms with Crippen molar-refractivity contribution in [2.75, 3.05) is 18.0 Å². The van der Waals surface area contributed by atoms with Crippen LogP contribution in [0.5, 0.6) is 0 Å². The van der Waals surface area contributed by atoms with Gasteiger partial charge < -0.3 is 10.7 Å². The number of nitrogens with two attached hydrogens (primary N) is 1. The molecule has 1 atom stereocenters. The van der Waals surface area contributed by atoms with Gasteiger partial charge in [0.25, 0.3) is 0 Å².